The maximum Gasteiger partial charge on any atom is 0.330 e. The summed E-state index contributed by atoms with van der Waals surface area (Å²) >= 11 is 0. The highest BCUT2D eigenvalue weighted by Crippen LogP contribution is 2.08. The van der Waals surface area contributed by atoms with Crippen molar-refractivity contribution < 1.29 is 9.53 Å². The lowest BCUT2D eigenvalue weighted by molar-refractivity contribution is -0.137. The fourth-order valence-electron chi connectivity index (χ4n) is 1.90. The van der Waals surface area contributed by atoms with Crippen LogP contribution in [0.5, 0.6) is 0 Å². The Hall–Kier alpha value is -3.02. The number of nitrogens with one attached hydrogen (secondary N) is 1. The van der Waals surface area contributed by atoms with Crippen molar-refractivity contribution in [1.29, 1.82) is 0 Å². The van der Waals surface area contributed by atoms with Gasteiger partial charge in [-0.3, -0.25) is 4.99 Å². The van der Waals surface area contributed by atoms with Gasteiger partial charge < -0.3 is 21.5 Å². The molecule has 0 aliphatic heterocycles. The van der Waals surface area contributed by atoms with E-state index in [1.54, 1.807) is 19.9 Å². The van der Waals surface area contributed by atoms with Gasteiger partial charge in [0.1, 0.15) is 5.84 Å². The lowest BCUT2D eigenvalue weighted by Crippen LogP contribution is -2.23. The molecule has 0 aliphatic carbocycles. The summed E-state index contributed by atoms with van der Waals surface area (Å²) in [6.07, 6.45) is 2.85. The maximum atomic E-state index is 11.5. The first-order valence-electron chi connectivity index (χ1n) is 7.55. The standard InChI is InChI=1S/C18H24N4O2/c1-4-24-17(23)11-10-16(13(2)22-14(3)19)18(20)21-12-15-8-6-5-7-9-15/h5-11,22H,3-4,12,19H2,1-2H3,(H2,20,21)/b11-10+,16-13?. The van der Waals surface area contributed by atoms with Crippen LogP contribution in [0, 0.1) is 0 Å². The topological polar surface area (TPSA) is 103 Å². The highest BCUT2D eigenvalue weighted by atomic mass is 16.5. The first-order chi connectivity index (χ1) is 11.4. The van der Waals surface area contributed by atoms with Gasteiger partial charge in [-0.05, 0) is 25.5 Å². The largest absolute Gasteiger partial charge is 0.463 e. The summed E-state index contributed by atoms with van der Waals surface area (Å²) in [5.74, 6) is 0.0984. The monoisotopic (exact) mass is 328 g/mol. The second-order valence-corrected chi connectivity index (χ2v) is 4.96. The number of amidine groups is 1. The van der Waals surface area contributed by atoms with Crippen LogP contribution in [0.1, 0.15) is 19.4 Å². The Bertz CT molecular complexity index is 661. The van der Waals surface area contributed by atoms with Crippen molar-refractivity contribution >= 4 is 11.8 Å². The van der Waals surface area contributed by atoms with E-state index in [9.17, 15) is 4.79 Å². The minimum Gasteiger partial charge on any atom is -0.463 e. The Labute approximate surface area is 142 Å². The summed E-state index contributed by atoms with van der Waals surface area (Å²) < 4.78 is 4.87. The van der Waals surface area contributed by atoms with E-state index >= 15 is 0 Å². The van der Waals surface area contributed by atoms with Crippen LogP contribution in [-0.4, -0.2) is 18.4 Å². The average molecular weight is 328 g/mol. The van der Waals surface area contributed by atoms with Crippen molar-refractivity contribution in [1.82, 2.24) is 5.32 Å². The molecule has 0 radical (unpaired) electrons. The molecule has 5 N–H and O–H groups in total. The molecule has 0 amide bonds. The minimum absolute atomic E-state index is 0.269. The van der Waals surface area contributed by atoms with Crippen molar-refractivity contribution in [2.45, 2.75) is 20.4 Å². The van der Waals surface area contributed by atoms with Crippen molar-refractivity contribution in [3.05, 3.63) is 71.7 Å². The molecule has 0 fully saturated rings. The lowest BCUT2D eigenvalue weighted by Gasteiger charge is -2.11. The Kier molecular flexibility index (Phi) is 7.84. The van der Waals surface area contributed by atoms with Crippen molar-refractivity contribution in [3.63, 3.8) is 0 Å². The van der Waals surface area contributed by atoms with Gasteiger partial charge in [0.15, 0.2) is 0 Å². The third-order valence-electron chi connectivity index (χ3n) is 2.98. The van der Waals surface area contributed by atoms with Crippen molar-refractivity contribution in [3.8, 4) is 0 Å². The Balaban J connectivity index is 3.02. The van der Waals surface area contributed by atoms with Gasteiger partial charge >= 0.3 is 5.97 Å². The second-order valence-electron chi connectivity index (χ2n) is 4.96. The molecule has 0 aromatic heterocycles. The van der Waals surface area contributed by atoms with E-state index in [-0.39, 0.29) is 11.7 Å². The number of benzene rings is 1. The van der Waals surface area contributed by atoms with Gasteiger partial charge in [0.05, 0.1) is 19.0 Å². The summed E-state index contributed by atoms with van der Waals surface area (Å²) in [5.41, 5.74) is 13.9. The normalized spacial score (nSPS) is 12.7. The number of nitrogens with zero attached hydrogens (tertiary/aromatic N) is 1. The Morgan fingerprint density at radius 3 is 2.54 bits per heavy atom. The second kappa shape index (κ2) is 9.89. The molecule has 1 aromatic carbocycles. The van der Waals surface area contributed by atoms with Gasteiger partial charge in [-0.15, -0.1) is 0 Å². The quantitative estimate of drug-likeness (QED) is 0.222. The number of allylic oxidation sites excluding steroid dienone is 1. The zero-order valence-electron chi connectivity index (χ0n) is 14.1. The van der Waals surface area contributed by atoms with Gasteiger partial charge in [0, 0.05) is 17.3 Å². The molecule has 0 saturated heterocycles. The van der Waals surface area contributed by atoms with E-state index < -0.39 is 5.97 Å². The number of carbonyl (C=O) groups excluding carboxylic acids is 1. The fraction of sp³-hybridized carbons (Fsp3) is 0.222. The van der Waals surface area contributed by atoms with E-state index in [0.29, 0.717) is 24.4 Å². The summed E-state index contributed by atoms with van der Waals surface area (Å²) in [7, 11) is 0. The van der Waals surface area contributed by atoms with E-state index in [1.165, 1.54) is 6.08 Å². The molecule has 6 nitrogen and oxygen atoms in total. The number of ether oxygens (including phenoxy) is 1. The fourth-order valence-corrected chi connectivity index (χ4v) is 1.90. The first kappa shape index (κ1) is 19.0. The summed E-state index contributed by atoms with van der Waals surface area (Å²) in [4.78, 5) is 15.9. The molecule has 24 heavy (non-hydrogen) atoms. The molecule has 1 aromatic rings. The number of esters is 1. The molecule has 0 bridgehead atoms. The SMILES string of the molecule is C=C(N)NC(C)=C(/C=C/C(=O)OCC)C(N)=NCc1ccccc1. The number of aliphatic imine (C=N–C) groups is 1. The lowest BCUT2D eigenvalue weighted by atomic mass is 10.1. The Morgan fingerprint density at radius 2 is 1.96 bits per heavy atom. The van der Waals surface area contributed by atoms with Crippen molar-refractivity contribution in [2.24, 2.45) is 16.5 Å². The number of hydrogen-bond donors (Lipinski definition) is 3. The molecule has 6 heteroatoms. The molecule has 0 spiro atoms. The van der Waals surface area contributed by atoms with E-state index in [1.807, 2.05) is 30.3 Å². The Morgan fingerprint density at radius 1 is 1.29 bits per heavy atom. The molecule has 0 heterocycles. The van der Waals surface area contributed by atoms with Gasteiger partial charge in [-0.25, -0.2) is 4.79 Å². The van der Waals surface area contributed by atoms with Gasteiger partial charge in [-0.1, -0.05) is 36.9 Å². The van der Waals surface area contributed by atoms with Crippen LogP contribution in [0.3, 0.4) is 0 Å². The summed E-state index contributed by atoms with van der Waals surface area (Å²) in [5, 5.41) is 2.88. The first-order valence-corrected chi connectivity index (χ1v) is 7.55. The molecule has 0 unspecified atom stereocenters. The van der Waals surface area contributed by atoms with Crippen molar-refractivity contribution in [2.75, 3.05) is 6.61 Å². The third-order valence-corrected chi connectivity index (χ3v) is 2.98. The molecule has 0 atom stereocenters. The molecule has 0 saturated carbocycles. The molecule has 0 aliphatic rings. The number of hydrogen-bond acceptors (Lipinski definition) is 5. The zero-order chi connectivity index (χ0) is 17.9. The van der Waals surface area contributed by atoms with Crippen LogP contribution >= 0.6 is 0 Å². The number of carbonyl (C=O) groups is 1. The zero-order valence-corrected chi connectivity index (χ0v) is 14.1. The maximum absolute atomic E-state index is 11.5. The minimum atomic E-state index is -0.453. The number of rotatable bonds is 8. The van der Waals surface area contributed by atoms with Gasteiger partial charge in [0.25, 0.3) is 0 Å². The van der Waals surface area contributed by atoms with Crippen LogP contribution in [0.25, 0.3) is 0 Å². The predicted octanol–water partition coefficient (Wildman–Crippen LogP) is 1.96. The van der Waals surface area contributed by atoms with E-state index in [2.05, 4.69) is 16.9 Å². The molecule has 1 rings (SSSR count). The highest BCUT2D eigenvalue weighted by Gasteiger charge is 2.06. The molecule has 128 valence electrons. The predicted molar refractivity (Wildman–Crippen MR) is 96.7 cm³/mol. The van der Waals surface area contributed by atoms with Gasteiger partial charge in [-0.2, -0.15) is 0 Å². The number of nitrogens with two attached hydrogens (primary N) is 2. The summed E-state index contributed by atoms with van der Waals surface area (Å²) in [6, 6.07) is 9.72. The smallest absolute Gasteiger partial charge is 0.330 e. The van der Waals surface area contributed by atoms with Crippen LogP contribution < -0.4 is 16.8 Å². The van der Waals surface area contributed by atoms with Gasteiger partial charge in [0.2, 0.25) is 0 Å². The van der Waals surface area contributed by atoms with Crippen LogP contribution in [-0.2, 0) is 16.1 Å². The summed E-state index contributed by atoms with van der Waals surface area (Å²) in [6.45, 7) is 7.84. The van der Waals surface area contributed by atoms with Crippen LogP contribution in [0.15, 0.2) is 71.1 Å². The van der Waals surface area contributed by atoms with Crippen LogP contribution in [0.2, 0.25) is 0 Å². The van der Waals surface area contributed by atoms with E-state index in [4.69, 9.17) is 16.2 Å². The van der Waals surface area contributed by atoms with E-state index in [0.717, 1.165) is 5.56 Å². The highest BCUT2D eigenvalue weighted by molar-refractivity contribution is 6.01. The molecular weight excluding hydrogens is 304 g/mol. The average Bonchev–Trinajstić information content (AvgIpc) is 2.53. The van der Waals surface area contributed by atoms with Crippen LogP contribution in [0.4, 0.5) is 0 Å². The molecular formula is C18H24N4O2. The third kappa shape index (κ3) is 6.83.